The maximum atomic E-state index is 13.1. The Morgan fingerprint density at radius 3 is 2.77 bits per heavy atom. The normalized spacial score (nSPS) is 17.9. The first-order chi connectivity index (χ1) is 12.7. The Morgan fingerprint density at radius 2 is 2.00 bits per heavy atom. The van der Waals surface area contributed by atoms with Crippen LogP contribution in [0.1, 0.15) is 48.0 Å². The van der Waals surface area contributed by atoms with Crippen LogP contribution in [-0.2, 0) is 0 Å². The molecule has 5 nitrogen and oxygen atoms in total. The Balaban J connectivity index is 1.63. The summed E-state index contributed by atoms with van der Waals surface area (Å²) in [5.41, 5.74) is 1.47. The van der Waals surface area contributed by atoms with Crippen LogP contribution in [0.5, 0.6) is 0 Å². The lowest BCUT2D eigenvalue weighted by Crippen LogP contribution is -2.34. The van der Waals surface area contributed by atoms with Gasteiger partial charge < -0.3 is 13.8 Å². The number of halogens is 1. The summed E-state index contributed by atoms with van der Waals surface area (Å²) in [4.78, 5) is 14.7. The second kappa shape index (κ2) is 7.15. The van der Waals surface area contributed by atoms with Crippen molar-refractivity contribution in [3.05, 3.63) is 66.0 Å². The van der Waals surface area contributed by atoms with Crippen molar-refractivity contribution in [1.82, 2.24) is 10.1 Å². The van der Waals surface area contributed by atoms with Gasteiger partial charge in [-0.25, -0.2) is 4.39 Å². The van der Waals surface area contributed by atoms with E-state index in [1.165, 1.54) is 18.4 Å². The molecule has 1 aromatic carbocycles. The Bertz CT molecular complexity index is 871. The van der Waals surface area contributed by atoms with Crippen LogP contribution < -0.4 is 0 Å². The third-order valence-electron chi connectivity index (χ3n) is 4.74. The summed E-state index contributed by atoms with van der Waals surface area (Å²) in [5.74, 6) is 0.467. The summed E-state index contributed by atoms with van der Waals surface area (Å²) < 4.78 is 23.9. The molecule has 3 heterocycles. The summed E-state index contributed by atoms with van der Waals surface area (Å²) >= 11 is 0. The van der Waals surface area contributed by atoms with Gasteiger partial charge in [0.2, 0.25) is 0 Å². The zero-order chi connectivity index (χ0) is 17.9. The fourth-order valence-corrected chi connectivity index (χ4v) is 3.40. The van der Waals surface area contributed by atoms with Crippen LogP contribution in [0.15, 0.2) is 57.7 Å². The van der Waals surface area contributed by atoms with E-state index in [0.717, 1.165) is 31.2 Å². The van der Waals surface area contributed by atoms with Crippen molar-refractivity contribution in [2.75, 3.05) is 6.54 Å². The van der Waals surface area contributed by atoms with Gasteiger partial charge in [0.05, 0.1) is 12.3 Å². The van der Waals surface area contributed by atoms with Gasteiger partial charge >= 0.3 is 0 Å². The Hall–Kier alpha value is -2.89. The number of aromatic nitrogens is 1. The molecule has 1 atom stereocenters. The Labute approximate surface area is 150 Å². The highest BCUT2D eigenvalue weighted by Gasteiger charge is 2.31. The third-order valence-corrected chi connectivity index (χ3v) is 4.74. The van der Waals surface area contributed by atoms with Gasteiger partial charge in [-0.3, -0.25) is 4.79 Å². The highest BCUT2D eigenvalue weighted by Crippen LogP contribution is 2.33. The van der Waals surface area contributed by atoms with Crippen molar-refractivity contribution in [2.24, 2.45) is 0 Å². The smallest absolute Gasteiger partial charge is 0.290 e. The van der Waals surface area contributed by atoms with Crippen molar-refractivity contribution in [3.8, 4) is 11.3 Å². The van der Waals surface area contributed by atoms with Crippen LogP contribution in [0.4, 0.5) is 4.39 Å². The SMILES string of the molecule is O=C(c1ccco1)N1CCCCC[C@H]1c1cc(-c2ccc(F)cc2)on1. The van der Waals surface area contributed by atoms with Gasteiger partial charge in [0.15, 0.2) is 11.5 Å². The second-order valence-electron chi connectivity index (χ2n) is 6.46. The van der Waals surface area contributed by atoms with E-state index in [1.54, 1.807) is 24.3 Å². The van der Waals surface area contributed by atoms with Crippen molar-refractivity contribution in [2.45, 2.75) is 31.7 Å². The van der Waals surface area contributed by atoms with E-state index in [0.29, 0.717) is 23.8 Å². The van der Waals surface area contributed by atoms with Gasteiger partial charge in [-0.15, -0.1) is 0 Å². The fourth-order valence-electron chi connectivity index (χ4n) is 3.40. The number of nitrogens with zero attached hydrogens (tertiary/aromatic N) is 2. The van der Waals surface area contributed by atoms with E-state index in [-0.39, 0.29) is 17.8 Å². The molecule has 1 saturated heterocycles. The highest BCUT2D eigenvalue weighted by molar-refractivity contribution is 5.91. The molecule has 0 N–H and O–H groups in total. The zero-order valence-corrected chi connectivity index (χ0v) is 14.2. The number of furan rings is 1. The Kier molecular flexibility index (Phi) is 4.56. The second-order valence-corrected chi connectivity index (χ2v) is 6.46. The van der Waals surface area contributed by atoms with Gasteiger partial charge in [-0.2, -0.15) is 0 Å². The standard InChI is InChI=1S/C20H19FN2O3/c21-15-9-7-14(8-10-15)19-13-16(22-26-19)17-5-2-1-3-11-23(17)20(24)18-6-4-12-25-18/h4,6-10,12-13,17H,1-3,5,11H2/t17-/m0/s1. The lowest BCUT2D eigenvalue weighted by Gasteiger charge is -2.27. The molecule has 0 bridgehead atoms. The predicted octanol–water partition coefficient (Wildman–Crippen LogP) is 4.83. The number of hydrogen-bond acceptors (Lipinski definition) is 4. The largest absolute Gasteiger partial charge is 0.459 e. The Morgan fingerprint density at radius 1 is 1.15 bits per heavy atom. The average molecular weight is 354 g/mol. The first-order valence-electron chi connectivity index (χ1n) is 8.79. The molecular formula is C20H19FN2O3. The van der Waals surface area contributed by atoms with Crippen LogP contribution in [-0.4, -0.2) is 22.5 Å². The zero-order valence-electron chi connectivity index (χ0n) is 14.2. The monoisotopic (exact) mass is 354 g/mol. The molecule has 0 spiro atoms. The quantitative estimate of drug-likeness (QED) is 0.676. The molecule has 134 valence electrons. The average Bonchev–Trinajstić information content (AvgIpc) is 3.30. The molecule has 0 radical (unpaired) electrons. The van der Waals surface area contributed by atoms with Crippen molar-refractivity contribution < 1.29 is 18.1 Å². The first-order valence-corrected chi connectivity index (χ1v) is 8.79. The van der Waals surface area contributed by atoms with E-state index >= 15 is 0 Å². The van der Waals surface area contributed by atoms with Crippen LogP contribution in [0, 0.1) is 5.82 Å². The van der Waals surface area contributed by atoms with E-state index in [9.17, 15) is 9.18 Å². The van der Waals surface area contributed by atoms with Crippen molar-refractivity contribution in [3.63, 3.8) is 0 Å². The number of rotatable bonds is 3. The number of benzene rings is 1. The summed E-state index contributed by atoms with van der Waals surface area (Å²) in [5, 5.41) is 4.20. The minimum atomic E-state index is -0.299. The molecule has 1 fully saturated rings. The van der Waals surface area contributed by atoms with Crippen molar-refractivity contribution in [1.29, 1.82) is 0 Å². The van der Waals surface area contributed by atoms with Crippen LogP contribution >= 0.6 is 0 Å². The number of amides is 1. The van der Waals surface area contributed by atoms with Gasteiger partial charge in [-0.05, 0) is 49.2 Å². The number of carbonyl (C=O) groups is 1. The van der Waals surface area contributed by atoms with E-state index in [2.05, 4.69) is 5.16 Å². The fraction of sp³-hybridized carbons (Fsp3) is 0.300. The molecule has 0 unspecified atom stereocenters. The maximum Gasteiger partial charge on any atom is 0.290 e. The van der Waals surface area contributed by atoms with Crippen LogP contribution in [0.3, 0.4) is 0 Å². The van der Waals surface area contributed by atoms with Crippen LogP contribution in [0.25, 0.3) is 11.3 Å². The summed E-state index contributed by atoms with van der Waals surface area (Å²) in [7, 11) is 0. The molecule has 1 aliphatic heterocycles. The number of hydrogen-bond donors (Lipinski definition) is 0. The molecule has 6 heteroatoms. The van der Waals surface area contributed by atoms with Gasteiger partial charge in [0, 0.05) is 18.2 Å². The molecule has 26 heavy (non-hydrogen) atoms. The lowest BCUT2D eigenvalue weighted by molar-refractivity contribution is 0.0641. The van der Waals surface area contributed by atoms with Crippen LogP contribution in [0.2, 0.25) is 0 Å². The molecule has 3 aromatic rings. The molecule has 2 aromatic heterocycles. The van der Waals surface area contributed by atoms with E-state index in [4.69, 9.17) is 8.94 Å². The molecule has 4 rings (SSSR count). The molecule has 0 aliphatic carbocycles. The lowest BCUT2D eigenvalue weighted by atomic mass is 10.0. The topological polar surface area (TPSA) is 59.5 Å². The van der Waals surface area contributed by atoms with Gasteiger partial charge in [0.25, 0.3) is 5.91 Å². The maximum absolute atomic E-state index is 13.1. The van der Waals surface area contributed by atoms with Crippen molar-refractivity contribution >= 4 is 5.91 Å². The summed E-state index contributed by atoms with van der Waals surface area (Å²) in [6, 6.07) is 11.1. The predicted molar refractivity (Wildman–Crippen MR) is 92.9 cm³/mol. The summed E-state index contributed by atoms with van der Waals surface area (Å²) in [6.45, 7) is 0.656. The molecule has 1 aliphatic rings. The van der Waals surface area contributed by atoms with E-state index in [1.807, 2.05) is 11.0 Å². The summed E-state index contributed by atoms with van der Waals surface area (Å²) in [6.07, 6.45) is 5.36. The highest BCUT2D eigenvalue weighted by atomic mass is 19.1. The minimum absolute atomic E-state index is 0.131. The molecule has 0 saturated carbocycles. The van der Waals surface area contributed by atoms with Gasteiger partial charge in [-0.1, -0.05) is 18.0 Å². The number of carbonyl (C=O) groups excluding carboxylic acids is 1. The molecule has 1 amide bonds. The third kappa shape index (κ3) is 3.27. The van der Waals surface area contributed by atoms with Gasteiger partial charge in [0.1, 0.15) is 11.5 Å². The number of likely N-dealkylation sites (tertiary alicyclic amines) is 1. The minimum Gasteiger partial charge on any atom is -0.459 e. The van der Waals surface area contributed by atoms with E-state index < -0.39 is 0 Å². The molecular weight excluding hydrogens is 335 g/mol. The first kappa shape index (κ1) is 16.6.